The predicted octanol–water partition coefficient (Wildman–Crippen LogP) is 6.02. The maximum atomic E-state index is 12.0. The number of rotatable bonds is 2. The van der Waals surface area contributed by atoms with Crippen molar-refractivity contribution in [3.8, 4) is 11.5 Å². The number of nitrogens with zero attached hydrogens (tertiary/aromatic N) is 1. The number of fused-ring (bicyclic) bond motifs is 1. The Hall–Kier alpha value is -2.00. The molecule has 0 N–H and O–H groups in total. The molecule has 132 valence electrons. The molecule has 0 aromatic heterocycles. The minimum atomic E-state index is 0.0833. The van der Waals surface area contributed by atoms with Crippen LogP contribution < -0.4 is 9.64 Å². The quantitative estimate of drug-likeness (QED) is 0.657. The van der Waals surface area contributed by atoms with Gasteiger partial charge in [-0.05, 0) is 65.8 Å². The zero-order chi connectivity index (χ0) is 18.2. The number of carbonyl (C=O) groups is 1. The van der Waals surface area contributed by atoms with Crippen LogP contribution in [0.1, 0.15) is 45.6 Å². The normalized spacial score (nSPS) is 17.2. The number of hydrogen-bond acceptors (Lipinski definition) is 2. The zero-order valence-electron chi connectivity index (χ0n) is 15.2. The van der Waals surface area contributed by atoms with Crippen molar-refractivity contribution in [2.24, 2.45) is 5.41 Å². The lowest BCUT2D eigenvalue weighted by molar-refractivity contribution is -0.116. The van der Waals surface area contributed by atoms with Crippen molar-refractivity contribution >= 4 is 23.2 Å². The number of amides is 1. The van der Waals surface area contributed by atoms with E-state index >= 15 is 0 Å². The van der Waals surface area contributed by atoms with Crippen LogP contribution in [-0.4, -0.2) is 12.5 Å². The predicted molar refractivity (Wildman–Crippen MR) is 103 cm³/mol. The summed E-state index contributed by atoms with van der Waals surface area (Å²) in [6, 6.07) is 13.3. The Bertz CT molecular complexity index is 777. The molecular weight excluding hydrogens is 334 g/mol. The Kier molecular flexibility index (Phi) is 4.79. The van der Waals surface area contributed by atoms with Gasteiger partial charge in [0.2, 0.25) is 5.91 Å². The van der Waals surface area contributed by atoms with Gasteiger partial charge in [-0.25, -0.2) is 0 Å². The van der Waals surface area contributed by atoms with Gasteiger partial charge in [-0.1, -0.05) is 32.4 Å². The molecule has 0 fully saturated rings. The third-order valence-corrected chi connectivity index (χ3v) is 5.03. The number of ether oxygens (including phenoxy) is 1. The van der Waals surface area contributed by atoms with E-state index in [2.05, 4.69) is 26.8 Å². The first-order chi connectivity index (χ1) is 11.8. The summed E-state index contributed by atoms with van der Waals surface area (Å²) in [5, 5.41) is 0.683. The highest BCUT2D eigenvalue weighted by atomic mass is 35.5. The fourth-order valence-corrected chi connectivity index (χ4v) is 3.65. The van der Waals surface area contributed by atoms with E-state index in [1.165, 1.54) is 5.56 Å². The van der Waals surface area contributed by atoms with Gasteiger partial charge in [0.15, 0.2) is 0 Å². The summed E-state index contributed by atoms with van der Waals surface area (Å²) in [6.07, 6.45) is 0.959. The van der Waals surface area contributed by atoms with Crippen molar-refractivity contribution in [2.45, 2.75) is 40.0 Å². The van der Waals surface area contributed by atoms with Crippen LogP contribution in [-0.2, 0) is 4.79 Å². The maximum Gasteiger partial charge on any atom is 0.223 e. The van der Waals surface area contributed by atoms with Crippen LogP contribution in [0.2, 0.25) is 5.02 Å². The molecule has 1 aliphatic heterocycles. The lowest BCUT2D eigenvalue weighted by Crippen LogP contribution is -2.37. The van der Waals surface area contributed by atoms with Crippen LogP contribution >= 0.6 is 11.6 Å². The largest absolute Gasteiger partial charge is 0.457 e. The molecule has 1 amide bonds. The van der Waals surface area contributed by atoms with E-state index in [0.29, 0.717) is 10.9 Å². The topological polar surface area (TPSA) is 29.5 Å². The summed E-state index contributed by atoms with van der Waals surface area (Å²) in [4.78, 5) is 13.9. The number of benzene rings is 2. The summed E-state index contributed by atoms with van der Waals surface area (Å²) >= 11 is 5.93. The van der Waals surface area contributed by atoms with Gasteiger partial charge in [-0.15, -0.1) is 0 Å². The minimum Gasteiger partial charge on any atom is -0.457 e. The molecule has 0 bridgehead atoms. The molecule has 2 aromatic rings. The lowest BCUT2D eigenvalue weighted by Gasteiger charge is -2.40. The van der Waals surface area contributed by atoms with Crippen molar-refractivity contribution in [2.75, 3.05) is 11.4 Å². The molecule has 1 unspecified atom stereocenters. The Labute approximate surface area is 154 Å². The number of carbonyl (C=O) groups excluding carboxylic acids is 1. The highest BCUT2D eigenvalue weighted by Crippen LogP contribution is 2.46. The molecule has 1 atom stereocenters. The highest BCUT2D eigenvalue weighted by molar-refractivity contribution is 6.30. The number of anilines is 1. The van der Waals surface area contributed by atoms with E-state index in [1.54, 1.807) is 6.92 Å². The van der Waals surface area contributed by atoms with Gasteiger partial charge in [0, 0.05) is 24.2 Å². The number of halogens is 1. The Morgan fingerprint density at radius 1 is 1.12 bits per heavy atom. The van der Waals surface area contributed by atoms with E-state index in [4.69, 9.17) is 16.3 Å². The summed E-state index contributed by atoms with van der Waals surface area (Å²) < 4.78 is 5.99. The van der Waals surface area contributed by atoms with Crippen molar-refractivity contribution in [1.29, 1.82) is 0 Å². The first-order valence-electron chi connectivity index (χ1n) is 8.61. The average Bonchev–Trinajstić information content (AvgIpc) is 2.54. The maximum absolute atomic E-state index is 12.0. The van der Waals surface area contributed by atoms with Gasteiger partial charge >= 0.3 is 0 Å². The van der Waals surface area contributed by atoms with E-state index in [9.17, 15) is 4.79 Å². The van der Waals surface area contributed by atoms with E-state index in [1.807, 2.05) is 41.3 Å². The summed E-state index contributed by atoms with van der Waals surface area (Å²) in [5.41, 5.74) is 2.30. The Balaban J connectivity index is 1.99. The first kappa shape index (κ1) is 17.8. The molecule has 0 saturated heterocycles. The van der Waals surface area contributed by atoms with Gasteiger partial charge in [-0.3, -0.25) is 4.79 Å². The molecule has 1 heterocycles. The van der Waals surface area contributed by atoms with Crippen LogP contribution in [0.25, 0.3) is 0 Å². The SMILES string of the molecule is CC(=O)N1CCC(C(C)(C)C)c2cc(Oc3ccc(Cl)cc3)ccc21. The highest BCUT2D eigenvalue weighted by Gasteiger charge is 2.34. The first-order valence-corrected chi connectivity index (χ1v) is 8.99. The summed E-state index contributed by atoms with van der Waals surface area (Å²) in [6.45, 7) is 9.13. The standard InChI is InChI=1S/C21H24ClNO2/c1-14(24)23-12-11-19(21(2,3)4)18-13-17(9-10-20(18)23)25-16-7-5-15(22)6-8-16/h5-10,13,19H,11-12H2,1-4H3. The molecule has 0 radical (unpaired) electrons. The van der Waals surface area contributed by atoms with Gasteiger partial charge in [0.1, 0.15) is 11.5 Å². The van der Waals surface area contributed by atoms with Crippen molar-refractivity contribution in [3.05, 3.63) is 53.1 Å². The molecule has 3 nitrogen and oxygen atoms in total. The molecule has 2 aromatic carbocycles. The lowest BCUT2D eigenvalue weighted by atomic mass is 9.72. The van der Waals surface area contributed by atoms with E-state index in [-0.39, 0.29) is 11.3 Å². The van der Waals surface area contributed by atoms with E-state index < -0.39 is 0 Å². The minimum absolute atomic E-state index is 0.0833. The third-order valence-electron chi connectivity index (χ3n) is 4.78. The van der Waals surface area contributed by atoms with Crippen LogP contribution in [0.3, 0.4) is 0 Å². The second kappa shape index (κ2) is 6.72. The smallest absolute Gasteiger partial charge is 0.223 e. The fourth-order valence-electron chi connectivity index (χ4n) is 3.52. The Morgan fingerprint density at radius 2 is 1.76 bits per heavy atom. The second-order valence-electron chi connectivity index (χ2n) is 7.65. The molecule has 0 spiro atoms. The monoisotopic (exact) mass is 357 g/mol. The summed E-state index contributed by atoms with van der Waals surface area (Å²) in [5.74, 6) is 1.99. The number of hydrogen-bond donors (Lipinski definition) is 0. The third kappa shape index (κ3) is 3.82. The summed E-state index contributed by atoms with van der Waals surface area (Å²) in [7, 11) is 0. The molecule has 3 rings (SSSR count). The zero-order valence-corrected chi connectivity index (χ0v) is 15.9. The van der Waals surface area contributed by atoms with Crippen LogP contribution in [0.5, 0.6) is 11.5 Å². The van der Waals surface area contributed by atoms with Gasteiger partial charge in [0.25, 0.3) is 0 Å². The van der Waals surface area contributed by atoms with Crippen molar-refractivity contribution < 1.29 is 9.53 Å². The second-order valence-corrected chi connectivity index (χ2v) is 8.09. The fraction of sp³-hybridized carbons (Fsp3) is 0.381. The molecule has 0 aliphatic carbocycles. The van der Waals surface area contributed by atoms with Gasteiger partial charge < -0.3 is 9.64 Å². The molecule has 25 heavy (non-hydrogen) atoms. The average molecular weight is 358 g/mol. The van der Waals surface area contributed by atoms with Crippen molar-refractivity contribution in [3.63, 3.8) is 0 Å². The molecular formula is C21H24ClNO2. The van der Waals surface area contributed by atoms with Gasteiger partial charge in [-0.2, -0.15) is 0 Å². The van der Waals surface area contributed by atoms with Crippen molar-refractivity contribution in [1.82, 2.24) is 0 Å². The Morgan fingerprint density at radius 3 is 2.36 bits per heavy atom. The van der Waals surface area contributed by atoms with Crippen LogP contribution in [0.15, 0.2) is 42.5 Å². The van der Waals surface area contributed by atoms with Crippen LogP contribution in [0.4, 0.5) is 5.69 Å². The van der Waals surface area contributed by atoms with Gasteiger partial charge in [0.05, 0.1) is 0 Å². The van der Waals surface area contributed by atoms with Crippen LogP contribution in [0, 0.1) is 5.41 Å². The van der Waals surface area contributed by atoms with E-state index in [0.717, 1.165) is 30.2 Å². The molecule has 0 saturated carbocycles. The molecule has 4 heteroatoms. The molecule has 1 aliphatic rings.